The lowest BCUT2D eigenvalue weighted by atomic mass is 9.75. The average molecular weight is 313 g/mol. The molecule has 24 heavy (non-hydrogen) atoms. The Labute approximate surface area is 141 Å². The molecular formula is C21H19N3. The normalized spacial score (nSPS) is 11.8. The molecule has 0 radical (unpaired) electrons. The summed E-state index contributed by atoms with van der Waals surface area (Å²) < 4.78 is 0. The van der Waals surface area contributed by atoms with Crippen molar-refractivity contribution in [2.24, 2.45) is 0 Å². The average Bonchev–Trinajstić information content (AvgIpc) is 3.10. The highest BCUT2D eigenvalue weighted by atomic mass is 15.3. The summed E-state index contributed by atoms with van der Waals surface area (Å²) in [6.45, 7) is 4.55. The summed E-state index contributed by atoms with van der Waals surface area (Å²) in [6, 6.07) is 25.5. The maximum absolute atomic E-state index is 4.22. The summed E-state index contributed by atoms with van der Waals surface area (Å²) >= 11 is 0. The quantitative estimate of drug-likeness (QED) is 0.581. The molecule has 3 heteroatoms. The van der Waals surface area contributed by atoms with E-state index in [0.717, 1.165) is 16.6 Å². The fourth-order valence-electron chi connectivity index (χ4n) is 3.30. The first kappa shape index (κ1) is 14.6. The van der Waals surface area contributed by atoms with Gasteiger partial charge in [0, 0.05) is 5.41 Å². The van der Waals surface area contributed by atoms with Crippen LogP contribution >= 0.6 is 0 Å². The number of nitrogens with one attached hydrogen (secondary N) is 1. The number of benzene rings is 3. The third kappa shape index (κ3) is 2.38. The summed E-state index contributed by atoms with van der Waals surface area (Å²) in [5, 5.41) is 11.0. The van der Waals surface area contributed by atoms with Gasteiger partial charge in [0.05, 0.1) is 0 Å². The Bertz CT molecular complexity index is 984. The van der Waals surface area contributed by atoms with Gasteiger partial charge in [-0.1, -0.05) is 74.5 Å². The highest BCUT2D eigenvalue weighted by Gasteiger charge is 2.25. The van der Waals surface area contributed by atoms with Crippen molar-refractivity contribution in [1.29, 1.82) is 0 Å². The lowest BCUT2D eigenvalue weighted by Crippen LogP contribution is -2.19. The number of rotatable bonds is 3. The van der Waals surface area contributed by atoms with Crippen LogP contribution in [0.3, 0.4) is 0 Å². The number of H-pyrrole nitrogens is 1. The van der Waals surface area contributed by atoms with E-state index < -0.39 is 0 Å². The van der Waals surface area contributed by atoms with Crippen molar-refractivity contribution in [1.82, 2.24) is 15.4 Å². The van der Waals surface area contributed by atoms with E-state index >= 15 is 0 Å². The van der Waals surface area contributed by atoms with Crippen molar-refractivity contribution in [2.75, 3.05) is 0 Å². The maximum Gasteiger partial charge on any atom is 0.113 e. The predicted molar refractivity (Wildman–Crippen MR) is 97.9 cm³/mol. The molecule has 3 aromatic carbocycles. The van der Waals surface area contributed by atoms with E-state index in [9.17, 15) is 0 Å². The number of hydrogen-bond acceptors (Lipinski definition) is 2. The van der Waals surface area contributed by atoms with Gasteiger partial charge in [-0.15, -0.1) is 0 Å². The summed E-state index contributed by atoms with van der Waals surface area (Å²) in [7, 11) is 0. The molecule has 0 amide bonds. The summed E-state index contributed by atoms with van der Waals surface area (Å²) in [5.74, 6) is 0. The van der Waals surface area contributed by atoms with Crippen LogP contribution in [0.2, 0.25) is 0 Å². The predicted octanol–water partition coefficient (Wildman–Crippen LogP) is 4.95. The second-order valence-electron chi connectivity index (χ2n) is 6.56. The van der Waals surface area contributed by atoms with E-state index in [2.05, 4.69) is 96.0 Å². The van der Waals surface area contributed by atoms with Gasteiger partial charge in [-0.25, -0.2) is 0 Å². The van der Waals surface area contributed by atoms with Crippen LogP contribution in [0.5, 0.6) is 0 Å². The number of hydrogen-bond donors (Lipinski definition) is 1. The van der Waals surface area contributed by atoms with E-state index in [1.165, 1.54) is 16.7 Å². The van der Waals surface area contributed by atoms with Gasteiger partial charge in [0.2, 0.25) is 0 Å². The molecule has 1 N–H and O–H groups in total. The van der Waals surface area contributed by atoms with Crippen molar-refractivity contribution < 1.29 is 0 Å². The van der Waals surface area contributed by atoms with Crippen LogP contribution in [0.1, 0.15) is 25.0 Å². The van der Waals surface area contributed by atoms with Gasteiger partial charge in [0.25, 0.3) is 0 Å². The molecule has 0 saturated heterocycles. The molecule has 0 unspecified atom stereocenters. The van der Waals surface area contributed by atoms with Crippen molar-refractivity contribution in [2.45, 2.75) is 19.3 Å². The standard InChI is InChI=1S/C21H19N3/c1-21(2,16-8-4-3-5-9-16)18-11-7-6-10-17(18)15-12-13-19-20(14-15)23-24-22-19/h3-14H,1-2H3,(H,22,23,24). The minimum Gasteiger partial charge on any atom is -0.197 e. The highest BCUT2D eigenvalue weighted by molar-refractivity contribution is 5.82. The largest absolute Gasteiger partial charge is 0.197 e. The molecule has 1 aromatic heterocycles. The van der Waals surface area contributed by atoms with Crippen LogP contribution in [-0.4, -0.2) is 15.4 Å². The fourth-order valence-corrected chi connectivity index (χ4v) is 3.30. The molecule has 118 valence electrons. The van der Waals surface area contributed by atoms with Gasteiger partial charge < -0.3 is 0 Å². The minimum absolute atomic E-state index is 0.0867. The summed E-state index contributed by atoms with van der Waals surface area (Å²) in [5.41, 5.74) is 6.70. The van der Waals surface area contributed by atoms with Crippen LogP contribution < -0.4 is 0 Å². The Morgan fingerprint density at radius 1 is 0.750 bits per heavy atom. The van der Waals surface area contributed by atoms with Gasteiger partial charge in [-0.3, -0.25) is 0 Å². The van der Waals surface area contributed by atoms with Gasteiger partial charge >= 0.3 is 0 Å². The zero-order valence-electron chi connectivity index (χ0n) is 13.8. The zero-order chi connectivity index (χ0) is 16.6. The Morgan fingerprint density at radius 3 is 2.29 bits per heavy atom. The number of nitrogens with zero attached hydrogens (tertiary/aromatic N) is 2. The molecule has 0 spiro atoms. The second-order valence-corrected chi connectivity index (χ2v) is 6.56. The summed E-state index contributed by atoms with van der Waals surface area (Å²) in [4.78, 5) is 0. The SMILES string of the molecule is CC(C)(c1ccccc1)c1ccccc1-c1ccc2n[nH]nc2c1. The Kier molecular flexibility index (Phi) is 3.42. The molecule has 4 aromatic rings. The lowest BCUT2D eigenvalue weighted by molar-refractivity contribution is 0.643. The molecule has 0 aliphatic rings. The first-order valence-corrected chi connectivity index (χ1v) is 8.12. The number of aromatic nitrogens is 3. The van der Waals surface area contributed by atoms with Crippen LogP contribution in [0.4, 0.5) is 0 Å². The van der Waals surface area contributed by atoms with Crippen molar-refractivity contribution >= 4 is 11.0 Å². The molecule has 0 fully saturated rings. The topological polar surface area (TPSA) is 41.6 Å². The van der Waals surface area contributed by atoms with Crippen LogP contribution in [0, 0.1) is 0 Å². The zero-order valence-corrected chi connectivity index (χ0v) is 13.8. The Balaban J connectivity index is 1.89. The molecule has 1 heterocycles. The number of aromatic amines is 1. The van der Waals surface area contributed by atoms with E-state index in [4.69, 9.17) is 0 Å². The second kappa shape index (κ2) is 5.60. The van der Waals surface area contributed by atoms with Crippen molar-refractivity contribution in [3.05, 3.63) is 83.9 Å². The monoisotopic (exact) mass is 313 g/mol. The molecule has 0 atom stereocenters. The third-order valence-electron chi connectivity index (χ3n) is 4.72. The van der Waals surface area contributed by atoms with Gasteiger partial charge in [-0.05, 0) is 34.4 Å². The smallest absolute Gasteiger partial charge is 0.113 e. The van der Waals surface area contributed by atoms with Gasteiger partial charge in [0.15, 0.2) is 0 Å². The van der Waals surface area contributed by atoms with E-state index in [1.807, 2.05) is 6.07 Å². The van der Waals surface area contributed by atoms with Crippen LogP contribution in [0.15, 0.2) is 72.8 Å². The third-order valence-corrected chi connectivity index (χ3v) is 4.72. The van der Waals surface area contributed by atoms with E-state index in [-0.39, 0.29) is 5.41 Å². The first-order valence-electron chi connectivity index (χ1n) is 8.12. The fraction of sp³-hybridized carbons (Fsp3) is 0.143. The van der Waals surface area contributed by atoms with Crippen LogP contribution in [0.25, 0.3) is 22.2 Å². The maximum atomic E-state index is 4.22. The molecular weight excluding hydrogens is 294 g/mol. The molecule has 0 aliphatic carbocycles. The molecule has 3 nitrogen and oxygen atoms in total. The highest BCUT2D eigenvalue weighted by Crippen LogP contribution is 2.38. The molecule has 0 aliphatic heterocycles. The van der Waals surface area contributed by atoms with E-state index in [1.54, 1.807) is 0 Å². The van der Waals surface area contributed by atoms with Crippen LogP contribution in [-0.2, 0) is 5.41 Å². The molecule has 0 bridgehead atoms. The summed E-state index contributed by atoms with van der Waals surface area (Å²) in [6.07, 6.45) is 0. The number of fused-ring (bicyclic) bond motifs is 1. The lowest BCUT2D eigenvalue weighted by Gasteiger charge is -2.28. The first-order chi connectivity index (χ1) is 11.7. The molecule has 4 rings (SSSR count). The van der Waals surface area contributed by atoms with Gasteiger partial charge in [-0.2, -0.15) is 15.4 Å². The Morgan fingerprint density at radius 2 is 1.46 bits per heavy atom. The van der Waals surface area contributed by atoms with Crippen molar-refractivity contribution in [3.63, 3.8) is 0 Å². The van der Waals surface area contributed by atoms with Gasteiger partial charge in [0.1, 0.15) is 11.0 Å². The molecule has 0 saturated carbocycles. The van der Waals surface area contributed by atoms with Crippen molar-refractivity contribution in [3.8, 4) is 11.1 Å². The van der Waals surface area contributed by atoms with E-state index in [0.29, 0.717) is 0 Å². The Hall–Kier alpha value is -2.94. The minimum atomic E-state index is -0.0867.